The molecule has 0 amide bonds. The zero-order chi connectivity index (χ0) is 16.3. The molecule has 0 saturated carbocycles. The molecule has 9 heteroatoms. The Balaban J connectivity index is 2.36. The summed E-state index contributed by atoms with van der Waals surface area (Å²) in [5.41, 5.74) is -0.462. The molecule has 0 bridgehead atoms. The van der Waals surface area contributed by atoms with Gasteiger partial charge in [-0.2, -0.15) is 4.31 Å². The van der Waals surface area contributed by atoms with Crippen LogP contribution in [0, 0.1) is 16.0 Å². The van der Waals surface area contributed by atoms with Crippen LogP contribution in [0.3, 0.4) is 0 Å². The number of nitrogens with zero attached hydrogens (tertiary/aromatic N) is 2. The van der Waals surface area contributed by atoms with E-state index in [0.29, 0.717) is 13.1 Å². The molecular formula is C13H19N3O5S. The second-order valence-corrected chi connectivity index (χ2v) is 7.07. The van der Waals surface area contributed by atoms with Crippen LogP contribution in [0.5, 0.6) is 5.75 Å². The van der Waals surface area contributed by atoms with Crippen LogP contribution in [0.1, 0.15) is 6.42 Å². The van der Waals surface area contributed by atoms with Crippen molar-refractivity contribution in [3.8, 4) is 5.75 Å². The SMILES string of the molecule is CNCC1CCN(S(=O)(=O)c2ccc(OC)cc2[N+](=O)[O-])C1. The Kier molecular flexibility index (Phi) is 4.99. The van der Waals surface area contributed by atoms with Crippen LogP contribution in [-0.4, -0.2) is 51.4 Å². The molecule has 0 radical (unpaired) electrons. The maximum atomic E-state index is 12.7. The van der Waals surface area contributed by atoms with Crippen molar-refractivity contribution in [2.24, 2.45) is 5.92 Å². The highest BCUT2D eigenvalue weighted by Gasteiger charge is 2.36. The summed E-state index contributed by atoms with van der Waals surface area (Å²) < 4.78 is 31.6. The molecule has 1 atom stereocenters. The van der Waals surface area contributed by atoms with E-state index in [4.69, 9.17) is 4.74 Å². The quantitative estimate of drug-likeness (QED) is 0.613. The molecule has 1 saturated heterocycles. The fraction of sp³-hybridized carbons (Fsp3) is 0.538. The monoisotopic (exact) mass is 329 g/mol. The molecule has 8 nitrogen and oxygen atoms in total. The van der Waals surface area contributed by atoms with Crippen molar-refractivity contribution in [1.82, 2.24) is 9.62 Å². The second kappa shape index (κ2) is 6.59. The third-order valence-electron chi connectivity index (χ3n) is 3.72. The van der Waals surface area contributed by atoms with Gasteiger partial charge < -0.3 is 10.1 Å². The van der Waals surface area contributed by atoms with E-state index in [2.05, 4.69) is 5.32 Å². The Bertz CT molecular complexity index is 662. The van der Waals surface area contributed by atoms with Crippen LogP contribution in [0.2, 0.25) is 0 Å². The standard InChI is InChI=1S/C13H19N3O5S/c1-14-8-10-5-6-15(9-10)22(19,20)13-4-3-11(21-2)7-12(13)16(17)18/h3-4,7,10,14H,5-6,8-9H2,1-2H3. The molecule has 122 valence electrons. The van der Waals surface area contributed by atoms with Crippen LogP contribution in [0.4, 0.5) is 5.69 Å². The number of nitrogens with one attached hydrogen (secondary N) is 1. The number of hydrogen-bond donors (Lipinski definition) is 1. The van der Waals surface area contributed by atoms with Crippen molar-refractivity contribution in [2.75, 3.05) is 33.8 Å². The highest BCUT2D eigenvalue weighted by Crippen LogP contribution is 2.32. The number of hydrogen-bond acceptors (Lipinski definition) is 6. The van der Waals surface area contributed by atoms with E-state index in [1.807, 2.05) is 7.05 Å². The highest BCUT2D eigenvalue weighted by atomic mass is 32.2. The van der Waals surface area contributed by atoms with Crippen molar-refractivity contribution < 1.29 is 18.1 Å². The molecule has 0 aromatic heterocycles. The van der Waals surface area contributed by atoms with E-state index in [0.717, 1.165) is 19.0 Å². The van der Waals surface area contributed by atoms with E-state index in [1.54, 1.807) is 0 Å². The maximum Gasteiger partial charge on any atom is 0.293 e. The lowest BCUT2D eigenvalue weighted by Crippen LogP contribution is -2.30. The zero-order valence-corrected chi connectivity index (χ0v) is 13.3. The van der Waals surface area contributed by atoms with Gasteiger partial charge in [0.05, 0.1) is 18.1 Å². The van der Waals surface area contributed by atoms with Crippen molar-refractivity contribution in [1.29, 1.82) is 0 Å². The first-order valence-electron chi connectivity index (χ1n) is 6.87. The van der Waals surface area contributed by atoms with Gasteiger partial charge in [-0.15, -0.1) is 0 Å². The number of ether oxygens (including phenoxy) is 1. The van der Waals surface area contributed by atoms with Crippen molar-refractivity contribution in [2.45, 2.75) is 11.3 Å². The first-order chi connectivity index (χ1) is 10.4. The van der Waals surface area contributed by atoms with Gasteiger partial charge in [0.1, 0.15) is 5.75 Å². The minimum atomic E-state index is -3.88. The minimum Gasteiger partial charge on any atom is -0.497 e. The summed E-state index contributed by atoms with van der Waals surface area (Å²) in [6.45, 7) is 1.46. The molecule has 1 aromatic rings. The first kappa shape index (κ1) is 16.7. The van der Waals surface area contributed by atoms with Crippen LogP contribution >= 0.6 is 0 Å². The Hall–Kier alpha value is -1.71. The van der Waals surface area contributed by atoms with Crippen LogP contribution in [0.15, 0.2) is 23.1 Å². The number of nitro groups is 1. The van der Waals surface area contributed by atoms with Crippen LogP contribution < -0.4 is 10.1 Å². The van der Waals surface area contributed by atoms with Gasteiger partial charge >= 0.3 is 0 Å². The van der Waals surface area contributed by atoms with E-state index in [1.165, 1.54) is 23.5 Å². The third kappa shape index (κ3) is 3.21. The van der Waals surface area contributed by atoms with Gasteiger partial charge in [-0.25, -0.2) is 8.42 Å². The molecule has 1 fully saturated rings. The van der Waals surface area contributed by atoms with Gasteiger partial charge in [0.15, 0.2) is 4.90 Å². The fourth-order valence-corrected chi connectivity index (χ4v) is 4.26. The molecule has 22 heavy (non-hydrogen) atoms. The molecule has 0 spiro atoms. The van der Waals surface area contributed by atoms with E-state index >= 15 is 0 Å². The lowest BCUT2D eigenvalue weighted by Gasteiger charge is -2.17. The molecule has 0 aliphatic carbocycles. The molecule has 1 aliphatic rings. The lowest BCUT2D eigenvalue weighted by atomic mass is 10.1. The average molecular weight is 329 g/mol. The zero-order valence-electron chi connectivity index (χ0n) is 12.5. The van der Waals surface area contributed by atoms with Crippen molar-refractivity contribution in [3.05, 3.63) is 28.3 Å². The second-order valence-electron chi connectivity index (χ2n) is 5.17. The maximum absolute atomic E-state index is 12.7. The number of rotatable bonds is 6. The highest BCUT2D eigenvalue weighted by molar-refractivity contribution is 7.89. The summed E-state index contributed by atoms with van der Waals surface area (Å²) in [5, 5.41) is 14.2. The Morgan fingerprint density at radius 2 is 2.23 bits per heavy atom. The van der Waals surface area contributed by atoms with Gasteiger partial charge in [0.25, 0.3) is 5.69 Å². The smallest absolute Gasteiger partial charge is 0.293 e. The molecule has 1 aliphatic heterocycles. The summed E-state index contributed by atoms with van der Waals surface area (Å²) in [6.07, 6.45) is 0.740. The Labute approximate surface area is 129 Å². The number of sulfonamides is 1. The molecule has 2 rings (SSSR count). The molecule has 1 heterocycles. The van der Waals surface area contributed by atoms with Gasteiger partial charge in [-0.1, -0.05) is 0 Å². The van der Waals surface area contributed by atoms with Gasteiger partial charge in [0.2, 0.25) is 10.0 Å². The minimum absolute atomic E-state index is 0.220. The third-order valence-corrected chi connectivity index (χ3v) is 5.63. The Morgan fingerprint density at radius 1 is 1.50 bits per heavy atom. The molecule has 1 unspecified atom stereocenters. The average Bonchev–Trinajstić information content (AvgIpc) is 2.96. The van der Waals surface area contributed by atoms with E-state index in [9.17, 15) is 18.5 Å². The van der Waals surface area contributed by atoms with Gasteiger partial charge in [0, 0.05) is 13.1 Å². The molecular weight excluding hydrogens is 310 g/mol. The van der Waals surface area contributed by atoms with Crippen molar-refractivity contribution in [3.63, 3.8) is 0 Å². The lowest BCUT2D eigenvalue weighted by molar-refractivity contribution is -0.387. The first-order valence-corrected chi connectivity index (χ1v) is 8.31. The number of nitro benzene ring substituents is 1. The molecule has 1 aromatic carbocycles. The van der Waals surface area contributed by atoms with Gasteiger partial charge in [-0.3, -0.25) is 10.1 Å². The van der Waals surface area contributed by atoms with Crippen molar-refractivity contribution >= 4 is 15.7 Å². The summed E-state index contributed by atoms with van der Waals surface area (Å²) >= 11 is 0. The summed E-state index contributed by atoms with van der Waals surface area (Å²) in [5.74, 6) is 0.470. The van der Waals surface area contributed by atoms with E-state index < -0.39 is 20.6 Å². The number of methoxy groups -OCH3 is 1. The summed E-state index contributed by atoms with van der Waals surface area (Å²) in [4.78, 5) is 10.2. The fourth-order valence-electron chi connectivity index (χ4n) is 2.59. The predicted octanol–water partition coefficient (Wildman–Crippen LogP) is 0.833. The van der Waals surface area contributed by atoms with Crippen LogP contribution in [-0.2, 0) is 10.0 Å². The summed E-state index contributed by atoms with van der Waals surface area (Å²) in [7, 11) is -0.700. The number of benzene rings is 1. The summed E-state index contributed by atoms with van der Waals surface area (Å²) in [6, 6.07) is 3.78. The van der Waals surface area contributed by atoms with Crippen LogP contribution in [0.25, 0.3) is 0 Å². The topological polar surface area (TPSA) is 102 Å². The predicted molar refractivity (Wildman–Crippen MR) is 80.4 cm³/mol. The molecule has 1 N–H and O–H groups in total. The normalized spacial score (nSPS) is 19.3. The van der Waals surface area contributed by atoms with Gasteiger partial charge in [-0.05, 0) is 38.1 Å². The largest absolute Gasteiger partial charge is 0.497 e. The van der Waals surface area contributed by atoms with E-state index in [-0.39, 0.29) is 16.6 Å². The Morgan fingerprint density at radius 3 is 2.82 bits per heavy atom.